The summed E-state index contributed by atoms with van der Waals surface area (Å²) < 4.78 is 1.06. The number of hydrogen-bond donors (Lipinski definition) is 1. The molecule has 2 rings (SSSR count). The molecule has 0 unspecified atom stereocenters. The first-order chi connectivity index (χ1) is 9.00. The van der Waals surface area contributed by atoms with Crippen molar-refractivity contribution in [2.24, 2.45) is 5.92 Å². The van der Waals surface area contributed by atoms with E-state index in [-0.39, 0.29) is 12.5 Å². The van der Waals surface area contributed by atoms with Crippen molar-refractivity contribution in [1.82, 2.24) is 4.90 Å². The maximum atomic E-state index is 12.3. The summed E-state index contributed by atoms with van der Waals surface area (Å²) in [5.41, 5.74) is 0.640. The molecule has 19 heavy (non-hydrogen) atoms. The van der Waals surface area contributed by atoms with Gasteiger partial charge in [-0.05, 0) is 6.07 Å². The quantitative estimate of drug-likeness (QED) is 0.934. The molecule has 1 aromatic carbocycles. The van der Waals surface area contributed by atoms with Crippen LogP contribution in [0.5, 0.6) is 0 Å². The highest BCUT2D eigenvalue weighted by molar-refractivity contribution is 7.17. The van der Waals surface area contributed by atoms with Crippen molar-refractivity contribution in [3.05, 3.63) is 35.2 Å². The molecular formula is C14H15NO3S. The van der Waals surface area contributed by atoms with Crippen molar-refractivity contribution in [3.63, 3.8) is 0 Å². The molecule has 0 aliphatic carbocycles. The van der Waals surface area contributed by atoms with Gasteiger partial charge in [0.25, 0.3) is 5.91 Å². The lowest BCUT2D eigenvalue weighted by Crippen LogP contribution is -2.33. The summed E-state index contributed by atoms with van der Waals surface area (Å²) in [5.74, 6) is -1.60. The van der Waals surface area contributed by atoms with Crippen LogP contribution in [0.15, 0.2) is 29.6 Å². The molecule has 4 nitrogen and oxygen atoms in total. The Hall–Kier alpha value is -1.88. The van der Waals surface area contributed by atoms with Crippen molar-refractivity contribution < 1.29 is 14.7 Å². The van der Waals surface area contributed by atoms with Crippen LogP contribution in [0.2, 0.25) is 0 Å². The fourth-order valence-corrected chi connectivity index (χ4v) is 2.86. The maximum Gasteiger partial charge on any atom is 0.308 e. The van der Waals surface area contributed by atoms with Gasteiger partial charge in [-0.25, -0.2) is 0 Å². The SMILES string of the molecule is C[C@H](CN(C)C(=O)c1csc2ccccc12)C(=O)O. The molecule has 5 heteroatoms. The number of aliphatic carboxylic acids is 1. The van der Waals surface area contributed by atoms with Gasteiger partial charge in [0.15, 0.2) is 0 Å². The molecule has 0 saturated heterocycles. The van der Waals surface area contributed by atoms with E-state index in [9.17, 15) is 9.59 Å². The molecule has 0 bridgehead atoms. The van der Waals surface area contributed by atoms with E-state index in [1.54, 1.807) is 14.0 Å². The number of amides is 1. The highest BCUT2D eigenvalue weighted by Crippen LogP contribution is 2.26. The first-order valence-electron chi connectivity index (χ1n) is 5.95. The summed E-state index contributed by atoms with van der Waals surface area (Å²) in [5, 5.41) is 11.6. The van der Waals surface area contributed by atoms with Crippen LogP contribution >= 0.6 is 11.3 Å². The van der Waals surface area contributed by atoms with Gasteiger partial charge in [0, 0.05) is 29.1 Å². The molecule has 0 aliphatic heterocycles. The number of fused-ring (bicyclic) bond motifs is 1. The van der Waals surface area contributed by atoms with E-state index in [2.05, 4.69) is 0 Å². The summed E-state index contributed by atoms with van der Waals surface area (Å²) in [4.78, 5) is 24.6. The number of carbonyl (C=O) groups is 2. The van der Waals surface area contributed by atoms with Crippen molar-refractivity contribution in [2.45, 2.75) is 6.92 Å². The van der Waals surface area contributed by atoms with Gasteiger partial charge in [0.1, 0.15) is 0 Å². The second-order valence-corrected chi connectivity index (χ2v) is 5.48. The summed E-state index contributed by atoms with van der Waals surface area (Å²) in [7, 11) is 1.63. The highest BCUT2D eigenvalue weighted by atomic mass is 32.1. The lowest BCUT2D eigenvalue weighted by molar-refractivity contribution is -0.141. The number of hydrogen-bond acceptors (Lipinski definition) is 3. The Bertz CT molecular complexity index is 620. The zero-order valence-electron chi connectivity index (χ0n) is 10.8. The lowest BCUT2D eigenvalue weighted by Gasteiger charge is -2.19. The molecule has 1 heterocycles. The topological polar surface area (TPSA) is 57.6 Å². The molecule has 1 amide bonds. The molecule has 1 atom stereocenters. The molecule has 100 valence electrons. The number of rotatable bonds is 4. The number of carboxylic acids is 1. The summed E-state index contributed by atoms with van der Waals surface area (Å²) in [6.07, 6.45) is 0. The van der Waals surface area contributed by atoms with Gasteiger partial charge in [-0.15, -0.1) is 11.3 Å². The molecule has 1 N–H and O–H groups in total. The Morgan fingerprint density at radius 2 is 2.05 bits per heavy atom. The molecular weight excluding hydrogens is 262 g/mol. The molecule has 2 aromatic rings. The third-order valence-electron chi connectivity index (χ3n) is 3.03. The Morgan fingerprint density at radius 3 is 2.74 bits per heavy atom. The number of carboxylic acid groups (broad SMARTS) is 1. The number of nitrogens with zero attached hydrogens (tertiary/aromatic N) is 1. The van der Waals surface area contributed by atoms with Gasteiger partial charge in [-0.2, -0.15) is 0 Å². The molecule has 0 fully saturated rings. The largest absolute Gasteiger partial charge is 0.481 e. The number of thiophene rings is 1. The van der Waals surface area contributed by atoms with E-state index in [4.69, 9.17) is 5.11 Å². The third kappa shape index (κ3) is 2.76. The highest BCUT2D eigenvalue weighted by Gasteiger charge is 2.20. The zero-order valence-corrected chi connectivity index (χ0v) is 11.6. The molecule has 0 saturated carbocycles. The summed E-state index contributed by atoms with van der Waals surface area (Å²) in [6, 6.07) is 7.71. The minimum atomic E-state index is -0.894. The van der Waals surface area contributed by atoms with Crippen LogP contribution in [0.4, 0.5) is 0 Å². The minimum Gasteiger partial charge on any atom is -0.481 e. The first kappa shape index (κ1) is 13.5. The molecule has 0 aliphatic rings. The van der Waals surface area contributed by atoms with Crippen LogP contribution in [-0.4, -0.2) is 35.5 Å². The van der Waals surface area contributed by atoms with E-state index in [0.29, 0.717) is 5.56 Å². The van der Waals surface area contributed by atoms with Crippen LogP contribution in [0, 0.1) is 5.92 Å². The zero-order chi connectivity index (χ0) is 14.0. The van der Waals surface area contributed by atoms with Gasteiger partial charge in [-0.3, -0.25) is 9.59 Å². The second kappa shape index (κ2) is 5.40. The average molecular weight is 277 g/mol. The summed E-state index contributed by atoms with van der Waals surface area (Å²) in [6.45, 7) is 1.80. The van der Waals surface area contributed by atoms with Gasteiger partial charge >= 0.3 is 5.97 Å². The van der Waals surface area contributed by atoms with Gasteiger partial charge < -0.3 is 10.0 Å². The van der Waals surface area contributed by atoms with Gasteiger partial charge in [0.2, 0.25) is 0 Å². The first-order valence-corrected chi connectivity index (χ1v) is 6.83. The average Bonchev–Trinajstić information content (AvgIpc) is 2.81. The van der Waals surface area contributed by atoms with Crippen molar-refractivity contribution >= 4 is 33.3 Å². The van der Waals surface area contributed by atoms with Crippen LogP contribution in [-0.2, 0) is 4.79 Å². The summed E-state index contributed by atoms with van der Waals surface area (Å²) >= 11 is 1.52. The third-order valence-corrected chi connectivity index (χ3v) is 3.99. The maximum absolute atomic E-state index is 12.3. The molecule has 0 spiro atoms. The van der Waals surface area contributed by atoms with Crippen molar-refractivity contribution in [2.75, 3.05) is 13.6 Å². The minimum absolute atomic E-state index is 0.134. The Balaban J connectivity index is 2.22. The number of carbonyl (C=O) groups excluding carboxylic acids is 1. The molecule has 0 radical (unpaired) electrons. The Kier molecular flexibility index (Phi) is 3.85. The van der Waals surface area contributed by atoms with Crippen LogP contribution in [0.25, 0.3) is 10.1 Å². The van der Waals surface area contributed by atoms with Crippen LogP contribution in [0.1, 0.15) is 17.3 Å². The second-order valence-electron chi connectivity index (χ2n) is 4.57. The van der Waals surface area contributed by atoms with E-state index in [0.717, 1.165) is 10.1 Å². The van der Waals surface area contributed by atoms with E-state index in [1.807, 2.05) is 29.6 Å². The fourth-order valence-electron chi connectivity index (χ4n) is 1.92. The lowest BCUT2D eigenvalue weighted by atomic mass is 10.1. The smallest absolute Gasteiger partial charge is 0.308 e. The standard InChI is InChI=1S/C14H15NO3S/c1-9(14(17)18)7-15(2)13(16)11-8-19-12-6-4-3-5-10(11)12/h3-6,8-9H,7H2,1-2H3,(H,17,18)/t9-/m1/s1. The van der Waals surface area contributed by atoms with Crippen LogP contribution < -0.4 is 0 Å². The normalized spacial score (nSPS) is 12.3. The Morgan fingerprint density at radius 1 is 1.37 bits per heavy atom. The Labute approximate surface area is 115 Å². The van der Waals surface area contributed by atoms with Crippen LogP contribution in [0.3, 0.4) is 0 Å². The number of benzene rings is 1. The van der Waals surface area contributed by atoms with E-state index < -0.39 is 11.9 Å². The van der Waals surface area contributed by atoms with E-state index in [1.165, 1.54) is 16.2 Å². The predicted molar refractivity (Wildman–Crippen MR) is 75.6 cm³/mol. The fraction of sp³-hybridized carbons (Fsp3) is 0.286. The van der Waals surface area contributed by atoms with Crippen molar-refractivity contribution in [3.8, 4) is 0 Å². The van der Waals surface area contributed by atoms with E-state index >= 15 is 0 Å². The monoisotopic (exact) mass is 277 g/mol. The van der Waals surface area contributed by atoms with Crippen molar-refractivity contribution in [1.29, 1.82) is 0 Å². The van der Waals surface area contributed by atoms with Gasteiger partial charge in [-0.1, -0.05) is 25.1 Å². The predicted octanol–water partition coefficient (Wildman–Crippen LogP) is 2.69. The van der Waals surface area contributed by atoms with Gasteiger partial charge in [0.05, 0.1) is 11.5 Å². The molecule has 1 aromatic heterocycles.